The van der Waals surface area contributed by atoms with Crippen LogP contribution in [0.4, 0.5) is 5.82 Å². The molecule has 2 heterocycles. The normalized spacial score (nSPS) is 16.5. The predicted molar refractivity (Wildman–Crippen MR) is 68.8 cm³/mol. The van der Waals surface area contributed by atoms with Crippen LogP contribution in [-0.2, 0) is 0 Å². The number of nitrogens with two attached hydrogens (primary N) is 1. The van der Waals surface area contributed by atoms with Gasteiger partial charge < -0.3 is 5.73 Å². The number of hydrogen-bond acceptors (Lipinski definition) is 5. The van der Waals surface area contributed by atoms with Crippen molar-refractivity contribution in [3.05, 3.63) is 22.7 Å². The van der Waals surface area contributed by atoms with Crippen molar-refractivity contribution in [3.63, 3.8) is 0 Å². The maximum absolute atomic E-state index is 5.86. The van der Waals surface area contributed by atoms with E-state index >= 15 is 0 Å². The van der Waals surface area contributed by atoms with Crippen LogP contribution in [0.3, 0.4) is 0 Å². The standard InChI is InChI=1S/C12H14N4S/c13-11-5-9(8-3-1-2-4-8)15-12(16-11)10-6-17-7-14-10/h5-8H,1-4H2,(H2,13,15,16). The molecule has 1 fully saturated rings. The number of nitrogen functional groups attached to an aromatic ring is 1. The Kier molecular flexibility index (Phi) is 2.76. The number of nitrogens with zero attached hydrogens (tertiary/aromatic N) is 3. The highest BCUT2D eigenvalue weighted by molar-refractivity contribution is 7.07. The Bertz CT molecular complexity index is 503. The molecule has 0 atom stereocenters. The Morgan fingerprint density at radius 3 is 2.76 bits per heavy atom. The summed E-state index contributed by atoms with van der Waals surface area (Å²) in [4.78, 5) is 13.1. The minimum absolute atomic E-state index is 0.546. The Labute approximate surface area is 104 Å². The van der Waals surface area contributed by atoms with E-state index in [-0.39, 0.29) is 0 Å². The lowest BCUT2D eigenvalue weighted by atomic mass is 10.0. The maximum atomic E-state index is 5.86. The van der Waals surface area contributed by atoms with Crippen molar-refractivity contribution in [2.45, 2.75) is 31.6 Å². The average Bonchev–Trinajstić information content (AvgIpc) is 3.02. The minimum Gasteiger partial charge on any atom is -0.384 e. The zero-order chi connectivity index (χ0) is 11.7. The molecule has 0 saturated heterocycles. The number of hydrogen-bond donors (Lipinski definition) is 1. The minimum atomic E-state index is 0.546. The van der Waals surface area contributed by atoms with Crippen LogP contribution >= 0.6 is 11.3 Å². The molecule has 2 aromatic rings. The van der Waals surface area contributed by atoms with Gasteiger partial charge in [-0.3, -0.25) is 0 Å². The number of aromatic nitrogens is 3. The number of rotatable bonds is 2. The van der Waals surface area contributed by atoms with Crippen molar-refractivity contribution in [3.8, 4) is 11.5 Å². The first-order chi connectivity index (χ1) is 8.33. The zero-order valence-corrected chi connectivity index (χ0v) is 10.3. The molecule has 2 N–H and O–H groups in total. The van der Waals surface area contributed by atoms with Gasteiger partial charge in [-0.25, -0.2) is 15.0 Å². The average molecular weight is 246 g/mol. The third-order valence-corrected chi connectivity index (χ3v) is 3.79. The van der Waals surface area contributed by atoms with Crippen molar-refractivity contribution >= 4 is 17.2 Å². The maximum Gasteiger partial charge on any atom is 0.181 e. The Balaban J connectivity index is 2.00. The van der Waals surface area contributed by atoms with Gasteiger partial charge in [0, 0.05) is 23.1 Å². The van der Waals surface area contributed by atoms with Gasteiger partial charge in [0.15, 0.2) is 5.82 Å². The molecule has 0 bridgehead atoms. The van der Waals surface area contributed by atoms with Gasteiger partial charge in [0.25, 0.3) is 0 Å². The van der Waals surface area contributed by atoms with Crippen molar-refractivity contribution in [2.75, 3.05) is 5.73 Å². The largest absolute Gasteiger partial charge is 0.384 e. The smallest absolute Gasteiger partial charge is 0.181 e. The monoisotopic (exact) mass is 246 g/mol. The quantitative estimate of drug-likeness (QED) is 0.885. The SMILES string of the molecule is Nc1cc(C2CCCC2)nc(-c2cscn2)n1. The molecule has 0 radical (unpaired) electrons. The second kappa shape index (κ2) is 4.41. The summed E-state index contributed by atoms with van der Waals surface area (Å²) in [6.07, 6.45) is 5.02. The third-order valence-electron chi connectivity index (χ3n) is 3.20. The summed E-state index contributed by atoms with van der Waals surface area (Å²) in [6.45, 7) is 0. The second-order valence-electron chi connectivity index (χ2n) is 4.40. The van der Waals surface area contributed by atoms with Crippen LogP contribution < -0.4 is 5.73 Å². The first-order valence-corrected chi connectivity index (χ1v) is 6.80. The van der Waals surface area contributed by atoms with Crippen molar-refractivity contribution < 1.29 is 0 Å². The fourth-order valence-electron chi connectivity index (χ4n) is 2.35. The predicted octanol–water partition coefficient (Wildman–Crippen LogP) is 2.84. The molecule has 1 saturated carbocycles. The van der Waals surface area contributed by atoms with Crippen molar-refractivity contribution in [1.82, 2.24) is 15.0 Å². The Morgan fingerprint density at radius 1 is 1.24 bits per heavy atom. The van der Waals surface area contributed by atoms with E-state index in [4.69, 9.17) is 5.73 Å². The highest BCUT2D eigenvalue weighted by Gasteiger charge is 2.20. The van der Waals surface area contributed by atoms with Gasteiger partial charge in [0.05, 0.1) is 5.51 Å². The molecule has 5 heteroatoms. The molecule has 17 heavy (non-hydrogen) atoms. The van der Waals surface area contributed by atoms with E-state index < -0.39 is 0 Å². The molecule has 1 aliphatic rings. The summed E-state index contributed by atoms with van der Waals surface area (Å²) in [6, 6.07) is 1.91. The number of thiazole rings is 1. The van der Waals surface area contributed by atoms with Gasteiger partial charge in [-0.15, -0.1) is 11.3 Å². The summed E-state index contributed by atoms with van der Waals surface area (Å²) >= 11 is 1.55. The lowest BCUT2D eigenvalue weighted by molar-refractivity contribution is 0.696. The highest BCUT2D eigenvalue weighted by atomic mass is 32.1. The van der Waals surface area contributed by atoms with E-state index in [1.807, 2.05) is 11.4 Å². The first-order valence-electron chi connectivity index (χ1n) is 5.86. The fraction of sp³-hybridized carbons (Fsp3) is 0.417. The van der Waals surface area contributed by atoms with Crippen LogP contribution in [0.25, 0.3) is 11.5 Å². The van der Waals surface area contributed by atoms with Crippen LogP contribution in [0.1, 0.15) is 37.3 Å². The van der Waals surface area contributed by atoms with Crippen LogP contribution in [0.15, 0.2) is 17.0 Å². The van der Waals surface area contributed by atoms with Gasteiger partial charge in [-0.05, 0) is 12.8 Å². The summed E-state index contributed by atoms with van der Waals surface area (Å²) in [5, 5.41) is 1.95. The molecular formula is C12H14N4S. The van der Waals surface area contributed by atoms with E-state index in [2.05, 4.69) is 15.0 Å². The molecule has 2 aromatic heterocycles. The topological polar surface area (TPSA) is 64.7 Å². The summed E-state index contributed by atoms with van der Waals surface area (Å²) in [5.41, 5.74) is 9.55. The van der Waals surface area contributed by atoms with E-state index in [0.29, 0.717) is 17.6 Å². The molecule has 0 aromatic carbocycles. The van der Waals surface area contributed by atoms with Gasteiger partial charge >= 0.3 is 0 Å². The van der Waals surface area contributed by atoms with E-state index in [9.17, 15) is 0 Å². The lowest BCUT2D eigenvalue weighted by Crippen LogP contribution is -2.03. The first kappa shape index (κ1) is 10.7. The van der Waals surface area contributed by atoms with Gasteiger partial charge in [0.2, 0.25) is 0 Å². The zero-order valence-electron chi connectivity index (χ0n) is 9.47. The Morgan fingerprint density at radius 2 is 2.06 bits per heavy atom. The highest BCUT2D eigenvalue weighted by Crippen LogP contribution is 2.34. The molecule has 88 valence electrons. The van der Waals surface area contributed by atoms with Gasteiger partial charge in [-0.1, -0.05) is 12.8 Å². The number of anilines is 1. The molecule has 0 amide bonds. The summed E-state index contributed by atoms with van der Waals surface area (Å²) in [5.74, 6) is 1.76. The van der Waals surface area contributed by atoms with Crippen LogP contribution in [0, 0.1) is 0 Å². The van der Waals surface area contributed by atoms with E-state index in [0.717, 1.165) is 11.4 Å². The molecule has 1 aliphatic carbocycles. The molecular weight excluding hydrogens is 232 g/mol. The third kappa shape index (κ3) is 2.15. The molecule has 0 unspecified atom stereocenters. The van der Waals surface area contributed by atoms with Gasteiger partial charge in [-0.2, -0.15) is 0 Å². The van der Waals surface area contributed by atoms with Crippen molar-refractivity contribution in [2.24, 2.45) is 0 Å². The molecule has 4 nitrogen and oxygen atoms in total. The molecule has 0 spiro atoms. The lowest BCUT2D eigenvalue weighted by Gasteiger charge is -2.10. The van der Waals surface area contributed by atoms with E-state index in [1.54, 1.807) is 16.8 Å². The molecule has 0 aliphatic heterocycles. The van der Waals surface area contributed by atoms with Gasteiger partial charge in [0.1, 0.15) is 11.5 Å². The van der Waals surface area contributed by atoms with Crippen LogP contribution in [0.5, 0.6) is 0 Å². The summed E-state index contributed by atoms with van der Waals surface area (Å²) < 4.78 is 0. The Hall–Kier alpha value is -1.49. The molecule has 3 rings (SSSR count). The second-order valence-corrected chi connectivity index (χ2v) is 5.12. The fourth-order valence-corrected chi connectivity index (χ4v) is 2.88. The van der Waals surface area contributed by atoms with E-state index in [1.165, 1.54) is 25.7 Å². The van der Waals surface area contributed by atoms with Crippen LogP contribution in [-0.4, -0.2) is 15.0 Å². The summed E-state index contributed by atoms with van der Waals surface area (Å²) in [7, 11) is 0. The van der Waals surface area contributed by atoms with Crippen molar-refractivity contribution in [1.29, 1.82) is 0 Å². The van der Waals surface area contributed by atoms with Crippen LogP contribution in [0.2, 0.25) is 0 Å².